The smallest absolute Gasteiger partial charge is 0.127 e. The molecule has 0 fully saturated rings. The number of nitrogens with one attached hydrogen (secondary N) is 1. The van der Waals surface area contributed by atoms with Crippen LogP contribution in [0.4, 0.5) is 4.39 Å². The van der Waals surface area contributed by atoms with Crippen molar-refractivity contribution in [2.75, 3.05) is 13.2 Å². The lowest BCUT2D eigenvalue weighted by Gasteiger charge is -2.08. The summed E-state index contributed by atoms with van der Waals surface area (Å²) in [5.41, 5.74) is 0.641. The van der Waals surface area contributed by atoms with Gasteiger partial charge in [-0.3, -0.25) is 0 Å². The number of benzene rings is 2. The fourth-order valence-corrected chi connectivity index (χ4v) is 2.49. The van der Waals surface area contributed by atoms with Gasteiger partial charge in [-0.2, -0.15) is 0 Å². The lowest BCUT2D eigenvalue weighted by atomic mass is 10.2. The van der Waals surface area contributed by atoms with Crippen LogP contribution in [0, 0.1) is 5.82 Å². The third kappa shape index (κ3) is 4.89. The predicted molar refractivity (Wildman–Crippen MR) is 85.4 cm³/mol. The lowest BCUT2D eigenvalue weighted by Crippen LogP contribution is -2.21. The molecule has 0 saturated heterocycles. The van der Waals surface area contributed by atoms with Crippen LogP contribution < -0.4 is 10.1 Å². The first-order chi connectivity index (χ1) is 9.65. The molecular weight excluding hydrogens is 389 g/mol. The van der Waals surface area contributed by atoms with Gasteiger partial charge in [0.15, 0.2) is 0 Å². The van der Waals surface area contributed by atoms with Crippen LogP contribution in [0.15, 0.2) is 51.4 Å². The number of ether oxygens (including phenoxy) is 1. The largest absolute Gasteiger partial charge is 0.492 e. The molecule has 1 N–H and O–H groups in total. The molecule has 0 aliphatic rings. The Balaban J connectivity index is 1.73. The molecule has 0 atom stereocenters. The van der Waals surface area contributed by atoms with Gasteiger partial charge in [0, 0.05) is 27.6 Å². The van der Waals surface area contributed by atoms with E-state index in [0.29, 0.717) is 25.3 Å². The fraction of sp³-hybridized carbons (Fsp3) is 0.200. The van der Waals surface area contributed by atoms with Gasteiger partial charge >= 0.3 is 0 Å². The Morgan fingerprint density at radius 3 is 2.65 bits per heavy atom. The van der Waals surface area contributed by atoms with Crippen LogP contribution >= 0.6 is 31.9 Å². The summed E-state index contributed by atoms with van der Waals surface area (Å²) < 4.78 is 20.9. The molecule has 0 aliphatic heterocycles. The number of halogens is 3. The maximum atomic E-state index is 13.5. The second-order valence-electron chi connectivity index (χ2n) is 4.22. The Morgan fingerprint density at radius 2 is 1.85 bits per heavy atom. The van der Waals surface area contributed by atoms with E-state index in [1.54, 1.807) is 12.1 Å². The molecule has 0 unspecified atom stereocenters. The van der Waals surface area contributed by atoms with Crippen molar-refractivity contribution in [3.8, 4) is 5.75 Å². The van der Waals surface area contributed by atoms with Crippen molar-refractivity contribution >= 4 is 31.9 Å². The summed E-state index contributed by atoms with van der Waals surface area (Å²) in [6, 6.07) is 12.6. The van der Waals surface area contributed by atoms with E-state index in [1.807, 2.05) is 24.3 Å². The zero-order valence-electron chi connectivity index (χ0n) is 10.7. The van der Waals surface area contributed by atoms with Crippen LogP contribution in [0.5, 0.6) is 5.75 Å². The van der Waals surface area contributed by atoms with Crippen molar-refractivity contribution in [2.45, 2.75) is 6.54 Å². The molecule has 2 aromatic carbocycles. The van der Waals surface area contributed by atoms with Crippen molar-refractivity contribution in [3.63, 3.8) is 0 Å². The Kier molecular flexibility index (Phi) is 6.01. The Hall–Kier alpha value is -0.910. The van der Waals surface area contributed by atoms with Crippen molar-refractivity contribution < 1.29 is 9.13 Å². The Morgan fingerprint density at radius 1 is 1.05 bits per heavy atom. The maximum absolute atomic E-state index is 13.5. The van der Waals surface area contributed by atoms with Gasteiger partial charge in [0.2, 0.25) is 0 Å². The first kappa shape index (κ1) is 15.5. The zero-order chi connectivity index (χ0) is 14.4. The van der Waals surface area contributed by atoms with Gasteiger partial charge in [-0.25, -0.2) is 4.39 Å². The second kappa shape index (κ2) is 7.76. The van der Waals surface area contributed by atoms with Crippen LogP contribution in [0.2, 0.25) is 0 Å². The maximum Gasteiger partial charge on any atom is 0.127 e. The average Bonchev–Trinajstić information content (AvgIpc) is 2.42. The number of rotatable bonds is 6. The summed E-state index contributed by atoms with van der Waals surface area (Å²) in [5.74, 6) is 0.614. The van der Waals surface area contributed by atoms with E-state index in [0.717, 1.165) is 14.7 Å². The lowest BCUT2D eigenvalue weighted by molar-refractivity contribution is 0.313. The van der Waals surface area contributed by atoms with Gasteiger partial charge in [-0.1, -0.05) is 37.9 Å². The van der Waals surface area contributed by atoms with Crippen molar-refractivity contribution in [1.29, 1.82) is 0 Å². The van der Waals surface area contributed by atoms with E-state index in [9.17, 15) is 4.39 Å². The molecule has 0 spiro atoms. The van der Waals surface area contributed by atoms with Gasteiger partial charge in [0.25, 0.3) is 0 Å². The summed E-state index contributed by atoms with van der Waals surface area (Å²) >= 11 is 6.72. The Bertz CT molecular complexity index is 578. The minimum atomic E-state index is -0.200. The van der Waals surface area contributed by atoms with Gasteiger partial charge in [-0.15, -0.1) is 0 Å². The predicted octanol–water partition coefficient (Wildman–Crippen LogP) is 4.52. The molecular formula is C15H14Br2FNO. The molecule has 0 aliphatic carbocycles. The second-order valence-corrected chi connectivity index (χ2v) is 6.05. The third-order valence-corrected chi connectivity index (χ3v) is 3.65. The summed E-state index contributed by atoms with van der Waals surface area (Å²) in [4.78, 5) is 0. The summed E-state index contributed by atoms with van der Waals surface area (Å²) in [6.07, 6.45) is 0. The SMILES string of the molecule is Fc1ccc(Br)cc1CNCCOc1cccc(Br)c1. The van der Waals surface area contributed by atoms with Crippen molar-refractivity contribution in [2.24, 2.45) is 0 Å². The normalized spacial score (nSPS) is 10.6. The molecule has 2 rings (SSSR count). The highest BCUT2D eigenvalue weighted by Crippen LogP contribution is 2.17. The topological polar surface area (TPSA) is 21.3 Å². The molecule has 5 heteroatoms. The highest BCUT2D eigenvalue weighted by Gasteiger charge is 2.02. The van der Waals surface area contributed by atoms with Gasteiger partial charge < -0.3 is 10.1 Å². The van der Waals surface area contributed by atoms with Gasteiger partial charge in [-0.05, 0) is 36.4 Å². The average molecular weight is 403 g/mol. The summed E-state index contributed by atoms with van der Waals surface area (Å²) in [6.45, 7) is 1.66. The quantitative estimate of drug-likeness (QED) is 0.717. The van der Waals surface area contributed by atoms with E-state index in [4.69, 9.17) is 4.74 Å². The van der Waals surface area contributed by atoms with Gasteiger partial charge in [0.05, 0.1) is 0 Å². The summed E-state index contributed by atoms with van der Waals surface area (Å²) in [5, 5.41) is 3.16. The van der Waals surface area contributed by atoms with Crippen LogP contribution in [0.1, 0.15) is 5.56 Å². The third-order valence-electron chi connectivity index (χ3n) is 2.67. The van der Waals surface area contributed by atoms with Crippen LogP contribution in [-0.2, 0) is 6.54 Å². The molecule has 20 heavy (non-hydrogen) atoms. The van der Waals surface area contributed by atoms with E-state index < -0.39 is 0 Å². The molecule has 0 aromatic heterocycles. The van der Waals surface area contributed by atoms with Crippen molar-refractivity contribution in [1.82, 2.24) is 5.32 Å². The van der Waals surface area contributed by atoms with Crippen molar-refractivity contribution in [3.05, 3.63) is 62.8 Å². The Labute approximate surface area is 134 Å². The minimum Gasteiger partial charge on any atom is -0.492 e. The van der Waals surface area contributed by atoms with Crippen LogP contribution in [-0.4, -0.2) is 13.2 Å². The molecule has 0 heterocycles. The van der Waals surface area contributed by atoms with Crippen LogP contribution in [0.25, 0.3) is 0 Å². The molecule has 2 nitrogen and oxygen atoms in total. The fourth-order valence-electron chi connectivity index (χ4n) is 1.70. The zero-order valence-corrected chi connectivity index (χ0v) is 13.9. The first-order valence-corrected chi connectivity index (χ1v) is 7.77. The van der Waals surface area contributed by atoms with Gasteiger partial charge in [0.1, 0.15) is 18.2 Å². The molecule has 2 aromatic rings. The number of hydrogen-bond donors (Lipinski definition) is 1. The first-order valence-electron chi connectivity index (χ1n) is 6.18. The molecule has 0 radical (unpaired) electrons. The number of hydrogen-bond acceptors (Lipinski definition) is 2. The summed E-state index contributed by atoms with van der Waals surface area (Å²) in [7, 11) is 0. The molecule has 0 bridgehead atoms. The monoisotopic (exact) mass is 401 g/mol. The molecule has 0 amide bonds. The van der Waals surface area contributed by atoms with E-state index in [1.165, 1.54) is 6.07 Å². The highest BCUT2D eigenvalue weighted by molar-refractivity contribution is 9.10. The van der Waals surface area contributed by atoms with E-state index in [2.05, 4.69) is 37.2 Å². The van der Waals surface area contributed by atoms with E-state index in [-0.39, 0.29) is 5.82 Å². The van der Waals surface area contributed by atoms with Crippen LogP contribution in [0.3, 0.4) is 0 Å². The minimum absolute atomic E-state index is 0.200. The highest BCUT2D eigenvalue weighted by atomic mass is 79.9. The standard InChI is InChI=1S/C15H14Br2FNO/c16-12-2-1-3-14(9-12)20-7-6-19-10-11-8-13(17)4-5-15(11)18/h1-5,8-9,19H,6-7,10H2. The molecule has 0 saturated carbocycles. The molecule has 106 valence electrons. The van der Waals surface area contributed by atoms with E-state index >= 15 is 0 Å².